The highest BCUT2D eigenvalue weighted by atomic mass is 32.1. The summed E-state index contributed by atoms with van der Waals surface area (Å²) in [5.74, 6) is 1.05. The van der Waals surface area contributed by atoms with Crippen molar-refractivity contribution in [2.24, 2.45) is 0 Å². The van der Waals surface area contributed by atoms with Crippen LogP contribution < -0.4 is 25.4 Å². The van der Waals surface area contributed by atoms with E-state index in [0.717, 1.165) is 16.3 Å². The minimum atomic E-state index is -0.496. The van der Waals surface area contributed by atoms with Crippen LogP contribution in [0.5, 0.6) is 11.5 Å². The van der Waals surface area contributed by atoms with Gasteiger partial charge in [-0.2, -0.15) is 0 Å². The molecule has 1 aliphatic heterocycles. The number of carbonyl (C=O) groups excluding carboxylic acids is 1. The van der Waals surface area contributed by atoms with Gasteiger partial charge in [0.15, 0.2) is 5.11 Å². The molecule has 0 fully saturated rings. The Morgan fingerprint density at radius 2 is 1.81 bits per heavy atom. The van der Waals surface area contributed by atoms with E-state index in [4.69, 9.17) is 21.7 Å². The minimum absolute atomic E-state index is 0.253. The summed E-state index contributed by atoms with van der Waals surface area (Å²) >= 11 is 5.44. The molecule has 0 radical (unpaired) electrons. The second-order valence-corrected chi connectivity index (χ2v) is 7.76. The molecule has 0 aliphatic carbocycles. The molecule has 164 valence electrons. The monoisotopic (exact) mass is 447 g/mol. The fourth-order valence-electron chi connectivity index (χ4n) is 4.00. The smallest absolute Gasteiger partial charge is 0.255 e. The average Bonchev–Trinajstić information content (AvgIpc) is 2.79. The van der Waals surface area contributed by atoms with Crippen molar-refractivity contribution in [2.45, 2.75) is 19.9 Å². The largest absolute Gasteiger partial charge is 0.496 e. The summed E-state index contributed by atoms with van der Waals surface area (Å²) in [6.45, 7) is 4.26. The Morgan fingerprint density at radius 1 is 1.06 bits per heavy atom. The summed E-state index contributed by atoms with van der Waals surface area (Å²) in [7, 11) is 1.63. The quantitative estimate of drug-likeness (QED) is 0.477. The van der Waals surface area contributed by atoms with E-state index in [-0.39, 0.29) is 5.91 Å². The molecule has 0 saturated heterocycles. The van der Waals surface area contributed by atoms with Crippen molar-refractivity contribution in [3.8, 4) is 11.5 Å². The van der Waals surface area contributed by atoms with Gasteiger partial charge in [-0.3, -0.25) is 4.79 Å². The first kappa shape index (κ1) is 21.6. The third-order valence-electron chi connectivity index (χ3n) is 5.39. The molecule has 1 atom stereocenters. The van der Waals surface area contributed by atoms with Crippen LogP contribution in [0.1, 0.15) is 25.5 Å². The van der Waals surface area contributed by atoms with Crippen LogP contribution in [0.3, 0.4) is 0 Å². The number of thiocarbonyl (C=S) groups is 1. The lowest BCUT2D eigenvalue weighted by Gasteiger charge is -2.32. The summed E-state index contributed by atoms with van der Waals surface area (Å²) in [6.07, 6.45) is 0. The van der Waals surface area contributed by atoms with Gasteiger partial charge in [-0.25, -0.2) is 0 Å². The number of hydrogen-bond donors (Lipinski definition) is 3. The second-order valence-electron chi connectivity index (χ2n) is 7.36. The summed E-state index contributed by atoms with van der Waals surface area (Å²) in [4.78, 5) is 13.6. The third kappa shape index (κ3) is 4.11. The lowest BCUT2D eigenvalue weighted by molar-refractivity contribution is -0.113. The number of amides is 1. The molecule has 0 unspecified atom stereocenters. The Morgan fingerprint density at radius 3 is 2.59 bits per heavy atom. The normalized spacial score (nSPS) is 15.7. The molecule has 6 nitrogen and oxygen atoms in total. The van der Waals surface area contributed by atoms with Crippen LogP contribution in [0.25, 0.3) is 10.8 Å². The highest BCUT2D eigenvalue weighted by Gasteiger charge is 2.33. The number of methoxy groups -OCH3 is 1. The molecule has 0 bridgehead atoms. The fourth-order valence-corrected chi connectivity index (χ4v) is 4.27. The maximum Gasteiger partial charge on any atom is 0.255 e. The van der Waals surface area contributed by atoms with Crippen molar-refractivity contribution in [1.29, 1.82) is 0 Å². The molecular formula is C25H25N3O3S. The van der Waals surface area contributed by atoms with Crippen molar-refractivity contribution in [3.63, 3.8) is 0 Å². The number of fused-ring (bicyclic) bond motifs is 1. The maximum absolute atomic E-state index is 13.6. The first-order valence-corrected chi connectivity index (χ1v) is 10.8. The van der Waals surface area contributed by atoms with Crippen LogP contribution in [-0.2, 0) is 4.79 Å². The topological polar surface area (TPSA) is 71.6 Å². The van der Waals surface area contributed by atoms with Gasteiger partial charge in [0, 0.05) is 11.3 Å². The van der Waals surface area contributed by atoms with Gasteiger partial charge in [-0.15, -0.1) is 0 Å². The molecule has 0 saturated carbocycles. The lowest BCUT2D eigenvalue weighted by atomic mass is 9.90. The van der Waals surface area contributed by atoms with Crippen molar-refractivity contribution >= 4 is 39.7 Å². The van der Waals surface area contributed by atoms with E-state index < -0.39 is 6.04 Å². The van der Waals surface area contributed by atoms with Crippen LogP contribution in [0.15, 0.2) is 71.9 Å². The molecule has 0 spiro atoms. The van der Waals surface area contributed by atoms with Crippen LogP contribution >= 0.6 is 12.2 Å². The van der Waals surface area contributed by atoms with Crippen molar-refractivity contribution < 1.29 is 14.3 Å². The Labute approximate surface area is 192 Å². The van der Waals surface area contributed by atoms with Gasteiger partial charge in [0.25, 0.3) is 5.91 Å². The minimum Gasteiger partial charge on any atom is -0.496 e. The van der Waals surface area contributed by atoms with Gasteiger partial charge in [0.1, 0.15) is 11.5 Å². The predicted molar refractivity (Wildman–Crippen MR) is 131 cm³/mol. The number of ether oxygens (including phenoxy) is 2. The number of rotatable bonds is 6. The Bertz CT molecular complexity index is 1220. The Kier molecular flexibility index (Phi) is 6.28. The third-order valence-corrected chi connectivity index (χ3v) is 5.61. The summed E-state index contributed by atoms with van der Waals surface area (Å²) in [6, 6.07) is 18.8. The zero-order valence-electron chi connectivity index (χ0n) is 18.2. The molecule has 32 heavy (non-hydrogen) atoms. The Hall–Kier alpha value is -3.58. The maximum atomic E-state index is 13.6. The van der Waals surface area contributed by atoms with Gasteiger partial charge in [0.05, 0.1) is 31.0 Å². The Balaban J connectivity index is 1.81. The van der Waals surface area contributed by atoms with E-state index in [1.807, 2.05) is 74.5 Å². The first-order chi connectivity index (χ1) is 15.5. The van der Waals surface area contributed by atoms with E-state index >= 15 is 0 Å². The van der Waals surface area contributed by atoms with Crippen LogP contribution in [-0.4, -0.2) is 24.7 Å². The van der Waals surface area contributed by atoms with Crippen molar-refractivity contribution in [1.82, 2.24) is 10.6 Å². The van der Waals surface area contributed by atoms with Gasteiger partial charge in [-0.05, 0) is 55.0 Å². The number of para-hydroxylation sites is 2. The van der Waals surface area contributed by atoms with E-state index in [2.05, 4.69) is 16.0 Å². The lowest BCUT2D eigenvalue weighted by Crippen LogP contribution is -2.46. The molecule has 1 aliphatic rings. The van der Waals surface area contributed by atoms with Crippen LogP contribution in [0, 0.1) is 0 Å². The number of hydrogen-bond acceptors (Lipinski definition) is 4. The average molecular weight is 448 g/mol. The van der Waals surface area contributed by atoms with Crippen LogP contribution in [0.4, 0.5) is 5.69 Å². The molecular weight excluding hydrogens is 422 g/mol. The molecule has 7 heteroatoms. The zero-order chi connectivity index (χ0) is 22.7. The fraction of sp³-hybridized carbons (Fsp3) is 0.200. The van der Waals surface area contributed by atoms with Gasteiger partial charge in [0.2, 0.25) is 0 Å². The van der Waals surface area contributed by atoms with Crippen molar-refractivity contribution in [2.75, 3.05) is 19.0 Å². The zero-order valence-corrected chi connectivity index (χ0v) is 19.0. The molecule has 3 aromatic carbocycles. The summed E-state index contributed by atoms with van der Waals surface area (Å²) in [5.41, 5.74) is 2.67. The highest BCUT2D eigenvalue weighted by molar-refractivity contribution is 7.80. The van der Waals surface area contributed by atoms with E-state index in [9.17, 15) is 4.79 Å². The summed E-state index contributed by atoms with van der Waals surface area (Å²) in [5, 5.41) is 11.9. The van der Waals surface area contributed by atoms with Gasteiger partial charge >= 0.3 is 0 Å². The van der Waals surface area contributed by atoms with E-state index in [1.54, 1.807) is 7.11 Å². The molecule has 3 N–H and O–H groups in total. The predicted octanol–water partition coefficient (Wildman–Crippen LogP) is 4.68. The molecule has 1 heterocycles. The molecule has 3 aromatic rings. The number of anilines is 1. The SMILES string of the molecule is CCOc1ccccc1NC(=O)C1=C(C)NC(=S)N[C@H]1c1c(OC)ccc2ccccc12. The second kappa shape index (κ2) is 9.28. The van der Waals surface area contributed by atoms with E-state index in [1.165, 1.54) is 0 Å². The molecule has 4 rings (SSSR count). The van der Waals surface area contributed by atoms with E-state index in [0.29, 0.717) is 40.2 Å². The van der Waals surface area contributed by atoms with Gasteiger partial charge < -0.3 is 25.4 Å². The molecule has 1 amide bonds. The molecule has 0 aromatic heterocycles. The van der Waals surface area contributed by atoms with Crippen LogP contribution in [0.2, 0.25) is 0 Å². The number of carbonyl (C=O) groups is 1. The first-order valence-electron chi connectivity index (χ1n) is 10.4. The summed E-state index contributed by atoms with van der Waals surface area (Å²) < 4.78 is 11.4. The highest BCUT2D eigenvalue weighted by Crippen LogP contribution is 2.39. The number of nitrogens with one attached hydrogen (secondary N) is 3. The standard InChI is InChI=1S/C25H25N3O3S/c1-4-31-19-12-8-7-11-18(19)27-24(29)21-15(2)26-25(32)28-23(21)22-17-10-6-5-9-16(17)13-14-20(22)30-3/h5-14,23H,4H2,1-3H3,(H,27,29)(H2,26,28,32)/t23-/m1/s1. The van der Waals surface area contributed by atoms with Gasteiger partial charge in [-0.1, -0.05) is 42.5 Å². The van der Waals surface area contributed by atoms with Crippen molar-refractivity contribution in [3.05, 3.63) is 77.5 Å². The number of benzene rings is 3. The number of allylic oxidation sites excluding steroid dienone is 1.